The van der Waals surface area contributed by atoms with Gasteiger partial charge in [0.05, 0.1) is 17.6 Å². The maximum atomic E-state index is 13.3. The highest BCUT2D eigenvalue weighted by Crippen LogP contribution is 2.33. The van der Waals surface area contributed by atoms with Crippen LogP contribution >= 0.6 is 15.9 Å². The first-order valence-electron chi connectivity index (χ1n) is 9.45. The van der Waals surface area contributed by atoms with E-state index in [0.717, 1.165) is 31.4 Å². The van der Waals surface area contributed by atoms with Gasteiger partial charge in [0, 0.05) is 17.6 Å². The van der Waals surface area contributed by atoms with Gasteiger partial charge in [0.15, 0.2) is 11.6 Å². The third kappa shape index (κ3) is 4.16. The summed E-state index contributed by atoms with van der Waals surface area (Å²) in [7, 11) is -3.94. The van der Waals surface area contributed by atoms with E-state index in [-0.39, 0.29) is 10.7 Å². The maximum absolute atomic E-state index is 13.3. The number of anilines is 2. The summed E-state index contributed by atoms with van der Waals surface area (Å²) in [4.78, 5) is 11.4. The van der Waals surface area contributed by atoms with Crippen LogP contribution in [0.4, 0.5) is 11.6 Å². The van der Waals surface area contributed by atoms with Gasteiger partial charge in [-0.2, -0.15) is 0 Å². The van der Waals surface area contributed by atoms with Crippen molar-refractivity contribution in [1.29, 1.82) is 0 Å². The van der Waals surface area contributed by atoms with E-state index in [1.807, 2.05) is 31.2 Å². The molecule has 1 fully saturated rings. The Balaban J connectivity index is 1.80. The van der Waals surface area contributed by atoms with Crippen LogP contribution in [0.2, 0.25) is 0 Å². The van der Waals surface area contributed by atoms with Crippen LogP contribution in [0.1, 0.15) is 19.8 Å². The van der Waals surface area contributed by atoms with Gasteiger partial charge in [-0.05, 0) is 50.1 Å². The highest BCUT2D eigenvalue weighted by atomic mass is 79.9. The first-order chi connectivity index (χ1) is 14.0. The van der Waals surface area contributed by atoms with Crippen molar-refractivity contribution in [2.45, 2.75) is 24.7 Å². The smallest absolute Gasteiger partial charge is 0.266 e. The molecule has 0 unspecified atom stereocenters. The van der Waals surface area contributed by atoms with Crippen LogP contribution in [-0.2, 0) is 10.0 Å². The molecule has 0 amide bonds. The van der Waals surface area contributed by atoms with E-state index in [1.165, 1.54) is 6.07 Å². The molecule has 2 heterocycles. The number of para-hydroxylation sites is 2. The standard InChI is InChI=1S/C20H21BrN4O3S/c1-2-28-17-10-9-14(21)13-18(17)29(26,27)24-19-20(25-11-5-6-12-25)23-16-8-4-3-7-15(16)22-19/h3-4,7-10,13H,2,5-6,11-12H2,1H3,(H,22,24). The lowest BCUT2D eigenvalue weighted by Crippen LogP contribution is -2.23. The number of sulfonamides is 1. The third-order valence-electron chi connectivity index (χ3n) is 4.68. The van der Waals surface area contributed by atoms with Crippen LogP contribution in [0, 0.1) is 0 Å². The van der Waals surface area contributed by atoms with Gasteiger partial charge in [-0.15, -0.1) is 0 Å². The minimum absolute atomic E-state index is 0.0519. The summed E-state index contributed by atoms with van der Waals surface area (Å²) in [6, 6.07) is 12.3. The summed E-state index contributed by atoms with van der Waals surface area (Å²) < 4.78 is 35.3. The lowest BCUT2D eigenvalue weighted by Gasteiger charge is -2.21. The molecule has 29 heavy (non-hydrogen) atoms. The Hall–Kier alpha value is -2.39. The number of ether oxygens (including phenoxy) is 1. The SMILES string of the molecule is CCOc1ccc(Br)cc1S(=O)(=O)Nc1nc2ccccc2nc1N1CCCC1. The monoisotopic (exact) mass is 476 g/mol. The minimum Gasteiger partial charge on any atom is -0.492 e. The van der Waals surface area contributed by atoms with Crippen LogP contribution in [-0.4, -0.2) is 38.1 Å². The zero-order valence-corrected chi connectivity index (χ0v) is 18.3. The number of hydrogen-bond donors (Lipinski definition) is 1. The lowest BCUT2D eigenvalue weighted by atomic mass is 10.3. The van der Waals surface area contributed by atoms with Gasteiger partial charge < -0.3 is 9.64 Å². The molecule has 1 saturated heterocycles. The van der Waals surface area contributed by atoms with Crippen molar-refractivity contribution in [3.63, 3.8) is 0 Å². The first kappa shape index (κ1) is 19.9. The summed E-state index contributed by atoms with van der Waals surface area (Å²) in [6.45, 7) is 3.82. The average molecular weight is 477 g/mol. The number of nitrogens with one attached hydrogen (secondary N) is 1. The molecule has 9 heteroatoms. The molecule has 1 aliphatic heterocycles. The van der Waals surface area contributed by atoms with Crippen molar-refractivity contribution in [2.24, 2.45) is 0 Å². The number of halogens is 1. The average Bonchev–Trinajstić information content (AvgIpc) is 3.23. The zero-order chi connectivity index (χ0) is 20.4. The van der Waals surface area contributed by atoms with Crippen molar-refractivity contribution >= 4 is 48.6 Å². The summed E-state index contributed by atoms with van der Waals surface area (Å²) >= 11 is 3.34. The van der Waals surface area contributed by atoms with Crippen LogP contribution in [0.15, 0.2) is 51.8 Å². The molecule has 0 spiro atoms. The number of benzene rings is 2. The predicted octanol–water partition coefficient (Wildman–Crippen LogP) is 4.19. The second-order valence-electron chi connectivity index (χ2n) is 6.71. The highest BCUT2D eigenvalue weighted by Gasteiger charge is 2.26. The summed E-state index contributed by atoms with van der Waals surface area (Å²) in [6.07, 6.45) is 2.08. The largest absolute Gasteiger partial charge is 0.492 e. The fraction of sp³-hybridized carbons (Fsp3) is 0.300. The number of nitrogens with zero attached hydrogens (tertiary/aromatic N) is 3. The second kappa shape index (κ2) is 8.16. The van der Waals surface area contributed by atoms with Crippen LogP contribution in [0.25, 0.3) is 11.0 Å². The Morgan fingerprint density at radius 3 is 2.48 bits per heavy atom. The van der Waals surface area contributed by atoms with Crippen molar-refractivity contribution in [1.82, 2.24) is 9.97 Å². The van der Waals surface area contributed by atoms with E-state index >= 15 is 0 Å². The normalized spacial score (nSPS) is 14.3. The van der Waals surface area contributed by atoms with Gasteiger partial charge in [0.2, 0.25) is 0 Å². The van der Waals surface area contributed by atoms with E-state index in [1.54, 1.807) is 12.1 Å². The van der Waals surface area contributed by atoms with Crippen molar-refractivity contribution in [3.8, 4) is 5.75 Å². The Kier molecular flexibility index (Phi) is 5.60. The van der Waals surface area contributed by atoms with Crippen molar-refractivity contribution < 1.29 is 13.2 Å². The van der Waals surface area contributed by atoms with Crippen LogP contribution in [0.5, 0.6) is 5.75 Å². The Morgan fingerprint density at radius 2 is 1.79 bits per heavy atom. The molecule has 1 aliphatic rings. The van der Waals surface area contributed by atoms with Crippen molar-refractivity contribution in [3.05, 3.63) is 46.9 Å². The van der Waals surface area contributed by atoms with Gasteiger partial charge in [0.25, 0.3) is 10.0 Å². The molecule has 0 aliphatic carbocycles. The molecule has 1 N–H and O–H groups in total. The molecule has 152 valence electrons. The molecule has 4 rings (SSSR count). The molecular weight excluding hydrogens is 456 g/mol. The topological polar surface area (TPSA) is 84.4 Å². The molecule has 0 atom stereocenters. The van der Waals surface area contributed by atoms with Gasteiger partial charge in [0.1, 0.15) is 10.6 Å². The van der Waals surface area contributed by atoms with E-state index in [0.29, 0.717) is 28.2 Å². The van der Waals surface area contributed by atoms with Gasteiger partial charge in [-0.25, -0.2) is 18.4 Å². The fourth-order valence-electron chi connectivity index (χ4n) is 3.36. The van der Waals surface area contributed by atoms with E-state index in [9.17, 15) is 8.42 Å². The number of fused-ring (bicyclic) bond motifs is 1. The van der Waals surface area contributed by atoms with Crippen LogP contribution in [0.3, 0.4) is 0 Å². The maximum Gasteiger partial charge on any atom is 0.266 e. The van der Waals surface area contributed by atoms with Gasteiger partial charge in [-0.3, -0.25) is 4.72 Å². The molecular formula is C20H21BrN4O3S. The quantitative estimate of drug-likeness (QED) is 0.573. The third-order valence-corrected chi connectivity index (χ3v) is 6.54. The zero-order valence-electron chi connectivity index (χ0n) is 15.9. The fourth-order valence-corrected chi connectivity index (χ4v) is 5.05. The Bertz CT molecular complexity index is 1150. The molecule has 0 saturated carbocycles. The van der Waals surface area contributed by atoms with E-state index in [4.69, 9.17) is 9.72 Å². The summed E-state index contributed by atoms with van der Waals surface area (Å²) in [5.41, 5.74) is 1.36. The molecule has 1 aromatic heterocycles. The summed E-state index contributed by atoms with van der Waals surface area (Å²) in [5.74, 6) is 1.07. The molecule has 0 radical (unpaired) electrons. The second-order valence-corrected chi connectivity index (χ2v) is 9.27. The Labute approximate surface area is 178 Å². The molecule has 0 bridgehead atoms. The van der Waals surface area contributed by atoms with E-state index in [2.05, 4.69) is 30.5 Å². The Morgan fingerprint density at radius 1 is 1.10 bits per heavy atom. The van der Waals surface area contributed by atoms with Gasteiger partial charge >= 0.3 is 0 Å². The molecule has 7 nitrogen and oxygen atoms in total. The van der Waals surface area contributed by atoms with Crippen LogP contribution < -0.4 is 14.4 Å². The molecule has 2 aromatic carbocycles. The summed E-state index contributed by atoms with van der Waals surface area (Å²) in [5, 5.41) is 0. The molecule has 3 aromatic rings. The predicted molar refractivity (Wildman–Crippen MR) is 117 cm³/mol. The van der Waals surface area contributed by atoms with Gasteiger partial charge in [-0.1, -0.05) is 28.1 Å². The number of aromatic nitrogens is 2. The highest BCUT2D eigenvalue weighted by molar-refractivity contribution is 9.10. The number of rotatable bonds is 6. The van der Waals surface area contributed by atoms with E-state index < -0.39 is 10.0 Å². The first-order valence-corrected chi connectivity index (χ1v) is 11.7. The minimum atomic E-state index is -3.94. The van der Waals surface area contributed by atoms with Crippen molar-refractivity contribution in [2.75, 3.05) is 29.3 Å². The lowest BCUT2D eigenvalue weighted by molar-refractivity contribution is 0.331. The number of hydrogen-bond acceptors (Lipinski definition) is 6.